The van der Waals surface area contributed by atoms with Crippen LogP contribution in [-0.4, -0.2) is 6.54 Å². The first kappa shape index (κ1) is 16.8. The molecule has 112 valence electrons. The Hall–Kier alpha value is -0.580. The molecular formula is C18H21ClIN. The van der Waals surface area contributed by atoms with Crippen LogP contribution in [0.3, 0.4) is 0 Å². The van der Waals surface area contributed by atoms with Gasteiger partial charge in [-0.05, 0) is 76.9 Å². The molecule has 1 N–H and O–H groups in total. The highest BCUT2D eigenvalue weighted by atomic mass is 127. The summed E-state index contributed by atoms with van der Waals surface area (Å²) in [4.78, 5) is 0. The summed E-state index contributed by atoms with van der Waals surface area (Å²) >= 11 is 8.56. The number of likely N-dealkylation sites (N-methyl/N-ethyl adjacent to an activating group) is 1. The van der Waals surface area contributed by atoms with Crippen molar-refractivity contribution in [2.75, 3.05) is 6.54 Å². The summed E-state index contributed by atoms with van der Waals surface area (Å²) in [5.74, 6) is 0. The van der Waals surface area contributed by atoms with Gasteiger partial charge in [0.25, 0.3) is 0 Å². The normalized spacial score (nSPS) is 12.4. The third kappa shape index (κ3) is 4.70. The first-order valence-electron chi connectivity index (χ1n) is 7.40. The Balaban J connectivity index is 2.23. The van der Waals surface area contributed by atoms with Gasteiger partial charge in [0.05, 0.1) is 0 Å². The Morgan fingerprint density at radius 2 is 1.71 bits per heavy atom. The number of aryl methyl sites for hydroxylation is 1. The minimum atomic E-state index is 0.299. The highest BCUT2D eigenvalue weighted by Crippen LogP contribution is 2.26. The number of hydrogen-bond donors (Lipinski definition) is 1. The van der Waals surface area contributed by atoms with Crippen molar-refractivity contribution in [3.05, 3.63) is 67.7 Å². The van der Waals surface area contributed by atoms with Gasteiger partial charge in [0, 0.05) is 14.6 Å². The zero-order valence-electron chi connectivity index (χ0n) is 12.5. The fourth-order valence-electron chi connectivity index (χ4n) is 2.47. The predicted octanol–water partition coefficient (Wildman–Crippen LogP) is 5.40. The molecule has 1 atom stereocenters. The fourth-order valence-corrected chi connectivity index (χ4v) is 3.36. The molecule has 0 amide bonds. The molecule has 2 aromatic rings. The molecule has 1 nitrogen and oxygen atoms in total. The fraction of sp³-hybridized carbons (Fsp3) is 0.333. The lowest BCUT2D eigenvalue weighted by molar-refractivity contribution is 0.547. The van der Waals surface area contributed by atoms with Crippen molar-refractivity contribution >= 4 is 34.2 Å². The zero-order chi connectivity index (χ0) is 15.2. The molecule has 0 aliphatic carbocycles. The largest absolute Gasteiger partial charge is 0.310 e. The van der Waals surface area contributed by atoms with Gasteiger partial charge in [0.15, 0.2) is 0 Å². The van der Waals surface area contributed by atoms with E-state index in [1.807, 2.05) is 6.07 Å². The van der Waals surface area contributed by atoms with Crippen molar-refractivity contribution in [3.63, 3.8) is 0 Å². The van der Waals surface area contributed by atoms with Crippen LogP contribution in [0.2, 0.25) is 5.02 Å². The standard InChI is InChI=1S/C18H21ClIN/c1-3-13-5-7-14(8-6-13)11-18(21-4-2)16-12-15(19)9-10-17(16)20/h5-10,12,18,21H,3-4,11H2,1-2H3. The van der Waals surface area contributed by atoms with E-state index in [1.165, 1.54) is 20.3 Å². The lowest BCUT2D eigenvalue weighted by Crippen LogP contribution is -2.23. The number of benzene rings is 2. The summed E-state index contributed by atoms with van der Waals surface area (Å²) in [6.45, 7) is 5.27. The quantitative estimate of drug-likeness (QED) is 0.625. The maximum Gasteiger partial charge on any atom is 0.0410 e. The van der Waals surface area contributed by atoms with Crippen LogP contribution in [0.1, 0.15) is 36.6 Å². The number of nitrogens with one attached hydrogen (secondary N) is 1. The van der Waals surface area contributed by atoms with Gasteiger partial charge in [-0.25, -0.2) is 0 Å². The molecule has 0 aliphatic rings. The minimum Gasteiger partial charge on any atom is -0.310 e. The second-order valence-corrected chi connectivity index (χ2v) is 6.75. The van der Waals surface area contributed by atoms with Gasteiger partial charge in [0.2, 0.25) is 0 Å². The summed E-state index contributed by atoms with van der Waals surface area (Å²) in [5, 5.41) is 4.38. The van der Waals surface area contributed by atoms with Gasteiger partial charge in [-0.2, -0.15) is 0 Å². The van der Waals surface area contributed by atoms with Crippen molar-refractivity contribution in [2.45, 2.75) is 32.7 Å². The van der Waals surface area contributed by atoms with Crippen molar-refractivity contribution in [2.24, 2.45) is 0 Å². The van der Waals surface area contributed by atoms with Crippen LogP contribution in [0.5, 0.6) is 0 Å². The Morgan fingerprint density at radius 1 is 1.05 bits per heavy atom. The summed E-state index contributed by atoms with van der Waals surface area (Å²) in [5.41, 5.74) is 4.02. The first-order valence-corrected chi connectivity index (χ1v) is 8.85. The monoisotopic (exact) mass is 413 g/mol. The van der Waals surface area contributed by atoms with E-state index in [-0.39, 0.29) is 0 Å². The van der Waals surface area contributed by atoms with Crippen molar-refractivity contribution in [1.82, 2.24) is 5.32 Å². The van der Waals surface area contributed by atoms with Gasteiger partial charge in [-0.1, -0.05) is 49.7 Å². The molecule has 0 spiro atoms. The van der Waals surface area contributed by atoms with Gasteiger partial charge < -0.3 is 5.32 Å². The molecule has 0 saturated carbocycles. The van der Waals surface area contributed by atoms with Crippen LogP contribution >= 0.6 is 34.2 Å². The van der Waals surface area contributed by atoms with Crippen LogP contribution in [0, 0.1) is 3.57 Å². The smallest absolute Gasteiger partial charge is 0.0410 e. The molecule has 1 unspecified atom stereocenters. The molecule has 21 heavy (non-hydrogen) atoms. The van der Waals surface area contributed by atoms with Gasteiger partial charge in [0.1, 0.15) is 0 Å². The third-order valence-electron chi connectivity index (χ3n) is 3.66. The molecule has 3 heteroatoms. The maximum absolute atomic E-state index is 6.17. The molecule has 0 heterocycles. The summed E-state index contributed by atoms with van der Waals surface area (Å²) in [6.07, 6.45) is 2.07. The summed E-state index contributed by atoms with van der Waals surface area (Å²) in [6, 6.07) is 15.3. The molecule has 0 aliphatic heterocycles. The van der Waals surface area contributed by atoms with Crippen molar-refractivity contribution in [1.29, 1.82) is 0 Å². The van der Waals surface area contributed by atoms with Crippen LogP contribution in [0.4, 0.5) is 0 Å². The van der Waals surface area contributed by atoms with E-state index in [0.29, 0.717) is 6.04 Å². The second-order valence-electron chi connectivity index (χ2n) is 5.15. The highest BCUT2D eigenvalue weighted by molar-refractivity contribution is 14.1. The lowest BCUT2D eigenvalue weighted by atomic mass is 9.98. The minimum absolute atomic E-state index is 0.299. The number of halogens is 2. The van der Waals surface area contributed by atoms with Gasteiger partial charge >= 0.3 is 0 Å². The van der Waals surface area contributed by atoms with Crippen LogP contribution in [0.15, 0.2) is 42.5 Å². The highest BCUT2D eigenvalue weighted by Gasteiger charge is 2.14. The van der Waals surface area contributed by atoms with Crippen molar-refractivity contribution < 1.29 is 0 Å². The molecular weight excluding hydrogens is 393 g/mol. The first-order chi connectivity index (χ1) is 10.1. The van der Waals surface area contributed by atoms with Crippen LogP contribution in [-0.2, 0) is 12.8 Å². The molecule has 0 bridgehead atoms. The van der Waals surface area contributed by atoms with E-state index >= 15 is 0 Å². The van der Waals surface area contributed by atoms with E-state index < -0.39 is 0 Å². The van der Waals surface area contributed by atoms with Crippen LogP contribution < -0.4 is 5.32 Å². The molecule has 0 aromatic heterocycles. The Morgan fingerprint density at radius 3 is 2.33 bits per heavy atom. The molecule has 2 rings (SSSR count). The molecule has 2 aromatic carbocycles. The van der Waals surface area contributed by atoms with E-state index in [4.69, 9.17) is 11.6 Å². The summed E-state index contributed by atoms with van der Waals surface area (Å²) < 4.78 is 1.26. The SMILES string of the molecule is CCNC(Cc1ccc(CC)cc1)c1cc(Cl)ccc1I. The second kappa shape index (κ2) is 8.16. The van der Waals surface area contributed by atoms with E-state index in [9.17, 15) is 0 Å². The van der Waals surface area contributed by atoms with Crippen LogP contribution in [0.25, 0.3) is 0 Å². The lowest BCUT2D eigenvalue weighted by Gasteiger charge is -2.20. The predicted molar refractivity (Wildman–Crippen MR) is 100 cm³/mol. The van der Waals surface area contributed by atoms with E-state index in [0.717, 1.165) is 24.4 Å². The third-order valence-corrected chi connectivity index (χ3v) is 4.87. The average Bonchev–Trinajstić information content (AvgIpc) is 2.50. The topological polar surface area (TPSA) is 12.0 Å². The molecule has 0 radical (unpaired) electrons. The van der Waals surface area contributed by atoms with Gasteiger partial charge in [-0.3, -0.25) is 0 Å². The maximum atomic E-state index is 6.17. The van der Waals surface area contributed by atoms with E-state index in [1.54, 1.807) is 0 Å². The molecule has 0 fully saturated rings. The average molecular weight is 414 g/mol. The summed E-state index contributed by atoms with van der Waals surface area (Å²) in [7, 11) is 0. The Labute approximate surface area is 146 Å². The number of hydrogen-bond acceptors (Lipinski definition) is 1. The van der Waals surface area contributed by atoms with Crippen molar-refractivity contribution in [3.8, 4) is 0 Å². The van der Waals surface area contributed by atoms with Gasteiger partial charge in [-0.15, -0.1) is 0 Å². The zero-order valence-corrected chi connectivity index (χ0v) is 15.4. The Kier molecular flexibility index (Phi) is 6.52. The molecule has 0 saturated heterocycles. The Bertz CT molecular complexity index is 580. The number of rotatable bonds is 6. The van der Waals surface area contributed by atoms with E-state index in [2.05, 4.69) is 78.2 Å².